The number of aromatic amines is 1. The summed E-state index contributed by atoms with van der Waals surface area (Å²) in [6.45, 7) is 9.94. The molecule has 0 spiro atoms. The predicted molar refractivity (Wildman–Crippen MR) is 125 cm³/mol. The van der Waals surface area contributed by atoms with E-state index < -0.39 is 0 Å². The number of Topliss-reactive ketones (excluding diaryl/α,β-unsaturated/α-hetero) is 1. The van der Waals surface area contributed by atoms with E-state index in [1.54, 1.807) is 13.1 Å². The summed E-state index contributed by atoms with van der Waals surface area (Å²) in [6.07, 6.45) is 7.71. The van der Waals surface area contributed by atoms with Crippen molar-refractivity contribution < 1.29 is 4.79 Å². The quantitative estimate of drug-likeness (QED) is 0.353. The first kappa shape index (κ1) is 21.4. The summed E-state index contributed by atoms with van der Waals surface area (Å²) >= 11 is 0. The van der Waals surface area contributed by atoms with Gasteiger partial charge in [0, 0.05) is 35.9 Å². The Balaban J connectivity index is 1.81. The highest BCUT2D eigenvalue weighted by Gasteiger charge is 2.10. The summed E-state index contributed by atoms with van der Waals surface area (Å²) in [6, 6.07) is 7.73. The summed E-state index contributed by atoms with van der Waals surface area (Å²) in [5, 5.41) is 4.25. The molecule has 0 atom stereocenters. The fourth-order valence-electron chi connectivity index (χ4n) is 3.24. The summed E-state index contributed by atoms with van der Waals surface area (Å²) in [5.74, 6) is 1.18. The number of allylic oxidation sites excluding steroid dienone is 1. The Kier molecular flexibility index (Phi) is 6.77. The number of benzene rings is 1. The first-order valence-corrected chi connectivity index (χ1v) is 10.3. The van der Waals surface area contributed by atoms with Gasteiger partial charge in [-0.3, -0.25) is 9.79 Å². The van der Waals surface area contributed by atoms with Crippen molar-refractivity contribution in [1.82, 2.24) is 15.0 Å². The van der Waals surface area contributed by atoms with E-state index in [2.05, 4.69) is 39.1 Å². The minimum absolute atomic E-state index is 0.0176. The van der Waals surface area contributed by atoms with Crippen LogP contribution in [0.15, 0.2) is 41.5 Å². The molecule has 0 aliphatic carbocycles. The maximum Gasteiger partial charge on any atom is 0.227 e. The molecule has 2 aromatic heterocycles. The first-order valence-electron chi connectivity index (χ1n) is 10.3. The molecule has 0 amide bonds. The highest BCUT2D eigenvalue weighted by Crippen LogP contribution is 2.26. The second-order valence-corrected chi connectivity index (χ2v) is 7.84. The molecule has 30 heavy (non-hydrogen) atoms. The molecular weight excluding hydrogens is 374 g/mol. The lowest BCUT2D eigenvalue weighted by molar-refractivity contribution is 0.101. The van der Waals surface area contributed by atoms with Gasteiger partial charge < -0.3 is 10.3 Å². The van der Waals surface area contributed by atoms with Crippen LogP contribution in [-0.4, -0.2) is 26.9 Å². The highest BCUT2D eigenvalue weighted by atomic mass is 16.1. The number of fused-ring (bicyclic) bond motifs is 1. The number of nitrogens with one attached hydrogen (secondary N) is 2. The standard InChI is InChI=1S/C24H29N5O/c1-6-20(25-10-7-8-15(2)3)21-9-11-26-24(29-21)27-19-12-16(4)23-18(13-19)14-22(28-23)17(5)30/h6,9-15,28H,7-8H2,1-5H3,(H,26,27,29)/b20-6-,25-10?. The molecule has 0 saturated carbocycles. The van der Waals surface area contributed by atoms with Gasteiger partial charge >= 0.3 is 0 Å². The van der Waals surface area contributed by atoms with Gasteiger partial charge in [-0.2, -0.15) is 0 Å². The van der Waals surface area contributed by atoms with Gasteiger partial charge in [-0.25, -0.2) is 9.97 Å². The van der Waals surface area contributed by atoms with Crippen molar-refractivity contribution in [3.63, 3.8) is 0 Å². The molecule has 0 aliphatic heterocycles. The minimum Gasteiger partial charge on any atom is -0.352 e. The number of ketones is 1. The molecule has 0 radical (unpaired) electrons. The normalized spacial score (nSPS) is 12.3. The molecule has 0 saturated heterocycles. The average Bonchev–Trinajstić information content (AvgIpc) is 3.13. The number of carbonyl (C=O) groups is 1. The van der Waals surface area contributed by atoms with Crippen LogP contribution in [0.25, 0.3) is 16.6 Å². The Labute approximate surface area is 177 Å². The zero-order valence-corrected chi connectivity index (χ0v) is 18.3. The summed E-state index contributed by atoms with van der Waals surface area (Å²) in [4.78, 5) is 28.4. The van der Waals surface area contributed by atoms with Crippen LogP contribution in [0.2, 0.25) is 0 Å². The van der Waals surface area contributed by atoms with Crippen molar-refractivity contribution >= 4 is 40.2 Å². The lowest BCUT2D eigenvalue weighted by Crippen LogP contribution is -2.00. The van der Waals surface area contributed by atoms with Crippen LogP contribution >= 0.6 is 0 Å². The number of aryl methyl sites for hydroxylation is 1. The van der Waals surface area contributed by atoms with Crippen LogP contribution in [-0.2, 0) is 0 Å². The number of nitrogens with zero attached hydrogens (tertiary/aromatic N) is 3. The Morgan fingerprint density at radius 2 is 2.10 bits per heavy atom. The first-order chi connectivity index (χ1) is 14.4. The molecular formula is C24H29N5O. The maximum atomic E-state index is 11.7. The number of carbonyl (C=O) groups excluding carboxylic acids is 1. The van der Waals surface area contributed by atoms with Gasteiger partial charge in [-0.1, -0.05) is 19.9 Å². The van der Waals surface area contributed by atoms with Crippen LogP contribution < -0.4 is 5.32 Å². The molecule has 156 valence electrons. The number of hydrogen-bond donors (Lipinski definition) is 2. The van der Waals surface area contributed by atoms with E-state index in [0.29, 0.717) is 17.6 Å². The number of hydrogen-bond acceptors (Lipinski definition) is 5. The van der Waals surface area contributed by atoms with Gasteiger partial charge in [0.15, 0.2) is 5.78 Å². The second-order valence-electron chi connectivity index (χ2n) is 7.84. The van der Waals surface area contributed by atoms with E-state index in [-0.39, 0.29) is 5.78 Å². The van der Waals surface area contributed by atoms with Crippen molar-refractivity contribution in [1.29, 1.82) is 0 Å². The molecule has 6 nitrogen and oxygen atoms in total. The monoisotopic (exact) mass is 403 g/mol. The largest absolute Gasteiger partial charge is 0.352 e. The van der Waals surface area contributed by atoms with Crippen LogP contribution in [0, 0.1) is 12.8 Å². The molecule has 2 N–H and O–H groups in total. The van der Waals surface area contributed by atoms with E-state index in [1.165, 1.54) is 0 Å². The van der Waals surface area contributed by atoms with Crippen molar-refractivity contribution in [2.75, 3.05) is 5.32 Å². The van der Waals surface area contributed by atoms with Gasteiger partial charge in [0.1, 0.15) is 0 Å². The van der Waals surface area contributed by atoms with E-state index >= 15 is 0 Å². The summed E-state index contributed by atoms with van der Waals surface area (Å²) < 4.78 is 0. The van der Waals surface area contributed by atoms with E-state index in [0.717, 1.165) is 46.4 Å². The maximum absolute atomic E-state index is 11.7. The summed E-state index contributed by atoms with van der Waals surface area (Å²) in [5.41, 5.74) is 5.09. The van der Waals surface area contributed by atoms with Gasteiger partial charge in [-0.05, 0) is 62.4 Å². The minimum atomic E-state index is 0.0176. The lowest BCUT2D eigenvalue weighted by Gasteiger charge is -2.08. The zero-order valence-electron chi connectivity index (χ0n) is 18.3. The molecule has 1 aromatic carbocycles. The van der Waals surface area contributed by atoms with Crippen LogP contribution in [0.1, 0.15) is 62.3 Å². The molecule has 3 rings (SSSR count). The van der Waals surface area contributed by atoms with Crippen LogP contribution in [0.3, 0.4) is 0 Å². The van der Waals surface area contributed by atoms with Gasteiger partial charge in [-0.15, -0.1) is 0 Å². The van der Waals surface area contributed by atoms with Crippen LogP contribution in [0.5, 0.6) is 0 Å². The molecule has 2 heterocycles. The van der Waals surface area contributed by atoms with E-state index in [9.17, 15) is 4.79 Å². The van der Waals surface area contributed by atoms with Crippen molar-refractivity contribution in [2.45, 2.75) is 47.5 Å². The number of anilines is 2. The van der Waals surface area contributed by atoms with E-state index in [1.807, 2.05) is 50.4 Å². The Hall–Kier alpha value is -3.28. The Bertz CT molecular complexity index is 1110. The number of rotatable bonds is 8. The van der Waals surface area contributed by atoms with Gasteiger partial charge in [0.2, 0.25) is 5.95 Å². The zero-order chi connectivity index (χ0) is 21.7. The Morgan fingerprint density at radius 1 is 1.30 bits per heavy atom. The molecule has 0 bridgehead atoms. The lowest BCUT2D eigenvalue weighted by atomic mass is 10.1. The average molecular weight is 404 g/mol. The molecule has 0 fully saturated rings. The van der Waals surface area contributed by atoms with Crippen molar-refractivity contribution in [3.05, 3.63) is 53.5 Å². The Morgan fingerprint density at radius 3 is 2.80 bits per heavy atom. The second kappa shape index (κ2) is 9.48. The fourth-order valence-corrected chi connectivity index (χ4v) is 3.24. The third kappa shape index (κ3) is 5.20. The fraction of sp³-hybridized carbons (Fsp3) is 0.333. The predicted octanol–water partition coefficient (Wildman–Crippen LogP) is 6.08. The van der Waals surface area contributed by atoms with Gasteiger partial charge in [0.25, 0.3) is 0 Å². The van der Waals surface area contributed by atoms with E-state index in [4.69, 9.17) is 0 Å². The number of H-pyrrole nitrogens is 1. The highest BCUT2D eigenvalue weighted by molar-refractivity contribution is 5.99. The summed E-state index contributed by atoms with van der Waals surface area (Å²) in [7, 11) is 0. The van der Waals surface area contributed by atoms with Crippen molar-refractivity contribution in [2.24, 2.45) is 10.9 Å². The van der Waals surface area contributed by atoms with Crippen LogP contribution in [0.4, 0.5) is 11.6 Å². The molecule has 3 aromatic rings. The molecule has 6 heteroatoms. The third-order valence-corrected chi connectivity index (χ3v) is 4.86. The number of aromatic nitrogens is 3. The van der Waals surface area contributed by atoms with Crippen molar-refractivity contribution in [3.8, 4) is 0 Å². The SMILES string of the molecule is C/C=C(\N=CCCC(C)C)c1ccnc(Nc2cc(C)c3[nH]c(C(C)=O)cc3c2)n1. The van der Waals surface area contributed by atoms with Gasteiger partial charge in [0.05, 0.1) is 17.1 Å². The topological polar surface area (TPSA) is 83.0 Å². The third-order valence-electron chi connectivity index (χ3n) is 4.86. The molecule has 0 unspecified atom stereocenters. The number of aliphatic imine (C=N–C) groups is 1. The smallest absolute Gasteiger partial charge is 0.227 e. The molecule has 0 aliphatic rings.